The predicted molar refractivity (Wildman–Crippen MR) is 141 cm³/mol. The highest BCUT2D eigenvalue weighted by Crippen LogP contribution is 2.38. The van der Waals surface area contributed by atoms with Gasteiger partial charge in [-0.15, -0.1) is 0 Å². The maximum absolute atomic E-state index is 13.1. The number of hydrogen-bond donors (Lipinski definition) is 1. The molecule has 3 aromatic carbocycles. The Hall–Kier alpha value is -3.78. The van der Waals surface area contributed by atoms with E-state index in [2.05, 4.69) is 41.5 Å². The van der Waals surface area contributed by atoms with Gasteiger partial charge < -0.3 is 5.32 Å². The Morgan fingerprint density at radius 3 is 2.47 bits per heavy atom. The number of aliphatic imine (C=N–C) groups is 1. The largest absolute Gasteiger partial charge is 0.326 e. The van der Waals surface area contributed by atoms with Crippen LogP contribution in [0.2, 0.25) is 0 Å². The number of hydrazone groups is 1. The van der Waals surface area contributed by atoms with Crippen LogP contribution in [-0.4, -0.2) is 33.0 Å². The fourth-order valence-electron chi connectivity index (χ4n) is 4.25. The van der Waals surface area contributed by atoms with Crippen molar-refractivity contribution < 1.29 is 14.0 Å². The van der Waals surface area contributed by atoms with Crippen molar-refractivity contribution in [3.63, 3.8) is 0 Å². The van der Waals surface area contributed by atoms with Gasteiger partial charge in [0.05, 0.1) is 11.8 Å². The summed E-state index contributed by atoms with van der Waals surface area (Å²) in [6.07, 6.45) is 1.60. The molecule has 3 aromatic rings. The SMILES string of the molecule is CCc1ccc([C@@H]2CC(c3ccccc3)=NN2C2=NC(=O)[C@@H](CC(=O)Nc3ccc(F)cc3)S2)cc1. The zero-order valence-electron chi connectivity index (χ0n) is 19.7. The number of halogens is 1. The van der Waals surface area contributed by atoms with Gasteiger partial charge in [0.2, 0.25) is 5.91 Å². The number of carbonyl (C=O) groups is 2. The van der Waals surface area contributed by atoms with Crippen LogP contribution in [-0.2, 0) is 16.0 Å². The molecule has 0 fully saturated rings. The Kier molecular flexibility index (Phi) is 6.95. The summed E-state index contributed by atoms with van der Waals surface area (Å²) in [5.41, 5.74) is 4.77. The molecule has 182 valence electrons. The molecule has 2 amide bonds. The number of hydrogen-bond acceptors (Lipinski definition) is 5. The highest BCUT2D eigenvalue weighted by Gasteiger charge is 2.39. The maximum atomic E-state index is 13.1. The van der Waals surface area contributed by atoms with Crippen molar-refractivity contribution in [2.24, 2.45) is 10.1 Å². The first kappa shape index (κ1) is 23.9. The topological polar surface area (TPSA) is 74.1 Å². The van der Waals surface area contributed by atoms with Gasteiger partial charge in [-0.05, 0) is 47.4 Å². The molecule has 0 saturated carbocycles. The van der Waals surface area contributed by atoms with Gasteiger partial charge in [0.25, 0.3) is 5.91 Å². The Bertz CT molecular complexity index is 1320. The van der Waals surface area contributed by atoms with Crippen LogP contribution in [0.1, 0.15) is 42.5 Å². The zero-order valence-corrected chi connectivity index (χ0v) is 20.5. The number of benzene rings is 3. The number of aryl methyl sites for hydroxylation is 1. The lowest BCUT2D eigenvalue weighted by molar-refractivity contribution is -0.121. The Labute approximate surface area is 213 Å². The van der Waals surface area contributed by atoms with Gasteiger partial charge in [0.15, 0.2) is 5.17 Å². The van der Waals surface area contributed by atoms with E-state index in [1.54, 1.807) is 0 Å². The summed E-state index contributed by atoms with van der Waals surface area (Å²) >= 11 is 1.26. The van der Waals surface area contributed by atoms with Crippen LogP contribution in [0.15, 0.2) is 89.0 Å². The summed E-state index contributed by atoms with van der Waals surface area (Å²) in [5, 5.41) is 9.27. The average molecular weight is 501 g/mol. The molecule has 2 heterocycles. The number of rotatable bonds is 6. The molecule has 0 bridgehead atoms. The van der Waals surface area contributed by atoms with Crippen molar-refractivity contribution in [3.8, 4) is 0 Å². The Morgan fingerprint density at radius 1 is 1.06 bits per heavy atom. The van der Waals surface area contributed by atoms with Crippen molar-refractivity contribution in [2.75, 3.05) is 5.32 Å². The van der Waals surface area contributed by atoms with Crippen molar-refractivity contribution >= 4 is 40.1 Å². The van der Waals surface area contributed by atoms with Gasteiger partial charge >= 0.3 is 0 Å². The highest BCUT2D eigenvalue weighted by atomic mass is 32.2. The first-order chi connectivity index (χ1) is 17.5. The van der Waals surface area contributed by atoms with Gasteiger partial charge in [-0.2, -0.15) is 10.1 Å². The fourth-order valence-corrected chi connectivity index (χ4v) is 5.31. The molecule has 8 heteroatoms. The van der Waals surface area contributed by atoms with Crippen LogP contribution in [0.25, 0.3) is 0 Å². The molecule has 0 aliphatic carbocycles. The summed E-state index contributed by atoms with van der Waals surface area (Å²) in [6, 6.07) is 23.8. The van der Waals surface area contributed by atoms with Crippen LogP contribution in [0.4, 0.5) is 10.1 Å². The van der Waals surface area contributed by atoms with E-state index in [1.165, 1.54) is 41.6 Å². The minimum atomic E-state index is -0.639. The highest BCUT2D eigenvalue weighted by molar-refractivity contribution is 8.15. The lowest BCUT2D eigenvalue weighted by Gasteiger charge is -2.23. The van der Waals surface area contributed by atoms with Crippen molar-refractivity contribution in [1.29, 1.82) is 0 Å². The Balaban J connectivity index is 1.34. The maximum Gasteiger partial charge on any atom is 0.262 e. The molecule has 0 radical (unpaired) electrons. The molecule has 2 atom stereocenters. The molecule has 1 N–H and O–H groups in total. The smallest absolute Gasteiger partial charge is 0.262 e. The molecule has 0 aromatic heterocycles. The van der Waals surface area contributed by atoms with E-state index in [0.717, 1.165) is 23.3 Å². The fraction of sp³-hybridized carbons (Fsp3) is 0.214. The lowest BCUT2D eigenvalue weighted by atomic mass is 9.97. The summed E-state index contributed by atoms with van der Waals surface area (Å²) in [5.74, 6) is -1.06. The first-order valence-corrected chi connectivity index (χ1v) is 12.7. The lowest BCUT2D eigenvalue weighted by Crippen LogP contribution is -2.25. The predicted octanol–water partition coefficient (Wildman–Crippen LogP) is 5.57. The van der Waals surface area contributed by atoms with Crippen molar-refractivity contribution in [1.82, 2.24) is 5.01 Å². The molecule has 2 aliphatic rings. The molecule has 6 nitrogen and oxygen atoms in total. The van der Waals surface area contributed by atoms with Gasteiger partial charge in [-0.25, -0.2) is 9.40 Å². The van der Waals surface area contributed by atoms with E-state index in [4.69, 9.17) is 5.10 Å². The number of nitrogens with one attached hydrogen (secondary N) is 1. The van der Waals surface area contributed by atoms with E-state index in [0.29, 0.717) is 17.3 Å². The average Bonchev–Trinajstić information content (AvgIpc) is 3.50. The number of carbonyl (C=O) groups excluding carboxylic acids is 2. The van der Waals surface area contributed by atoms with E-state index in [1.807, 2.05) is 35.3 Å². The van der Waals surface area contributed by atoms with E-state index < -0.39 is 5.25 Å². The minimum absolute atomic E-state index is 0.0349. The van der Waals surface area contributed by atoms with E-state index in [-0.39, 0.29) is 30.1 Å². The quantitative estimate of drug-likeness (QED) is 0.481. The van der Waals surface area contributed by atoms with Crippen LogP contribution >= 0.6 is 11.8 Å². The number of nitrogens with zero attached hydrogens (tertiary/aromatic N) is 3. The third kappa shape index (κ3) is 5.23. The number of thioether (sulfide) groups is 1. The first-order valence-electron chi connectivity index (χ1n) is 11.9. The summed E-state index contributed by atoms with van der Waals surface area (Å²) in [4.78, 5) is 29.6. The Morgan fingerprint density at radius 2 is 1.78 bits per heavy atom. The van der Waals surface area contributed by atoms with E-state index >= 15 is 0 Å². The second-order valence-corrected chi connectivity index (χ2v) is 9.84. The molecule has 0 spiro atoms. The molecule has 36 heavy (non-hydrogen) atoms. The second kappa shape index (κ2) is 10.5. The van der Waals surface area contributed by atoms with Gasteiger partial charge in [-0.3, -0.25) is 9.59 Å². The molecule has 0 unspecified atom stereocenters. The standard InChI is InChI=1S/C28H25FN4O2S/c1-2-18-8-10-20(11-9-18)24-16-23(19-6-4-3-5-7-19)32-33(24)28-31-27(35)25(36-28)17-26(34)30-22-14-12-21(29)13-15-22/h3-15,24-25H,2,16-17H2,1H3,(H,30,34)/t24-,25+/m0/s1. The molecular formula is C28H25FN4O2S. The van der Waals surface area contributed by atoms with Crippen molar-refractivity contribution in [2.45, 2.75) is 37.5 Å². The summed E-state index contributed by atoms with van der Waals surface area (Å²) < 4.78 is 13.1. The van der Waals surface area contributed by atoms with Crippen LogP contribution in [0.5, 0.6) is 0 Å². The number of anilines is 1. The summed E-state index contributed by atoms with van der Waals surface area (Å²) in [7, 11) is 0. The normalized spacial score (nSPS) is 19.3. The van der Waals surface area contributed by atoms with Crippen molar-refractivity contribution in [3.05, 3.63) is 101 Å². The minimum Gasteiger partial charge on any atom is -0.326 e. The number of amides is 2. The van der Waals surface area contributed by atoms with Crippen LogP contribution < -0.4 is 5.32 Å². The van der Waals surface area contributed by atoms with E-state index in [9.17, 15) is 14.0 Å². The monoisotopic (exact) mass is 500 g/mol. The summed E-state index contributed by atoms with van der Waals surface area (Å²) in [6.45, 7) is 2.12. The number of amidine groups is 1. The van der Waals surface area contributed by atoms with Crippen LogP contribution in [0, 0.1) is 5.82 Å². The zero-order chi connectivity index (χ0) is 25.1. The van der Waals surface area contributed by atoms with Gasteiger partial charge in [0, 0.05) is 18.5 Å². The third-order valence-electron chi connectivity index (χ3n) is 6.21. The molecule has 0 saturated heterocycles. The molecule has 5 rings (SSSR count). The second-order valence-electron chi connectivity index (χ2n) is 8.67. The van der Waals surface area contributed by atoms with Gasteiger partial charge in [0.1, 0.15) is 11.1 Å². The third-order valence-corrected chi connectivity index (χ3v) is 7.36. The molecule has 2 aliphatic heterocycles. The van der Waals surface area contributed by atoms with Crippen LogP contribution in [0.3, 0.4) is 0 Å². The van der Waals surface area contributed by atoms with Gasteiger partial charge in [-0.1, -0.05) is 73.3 Å². The molecular weight excluding hydrogens is 475 g/mol.